The van der Waals surface area contributed by atoms with Crippen LogP contribution in [0.1, 0.15) is 24.2 Å². The number of hydrogen-bond donors (Lipinski definition) is 2. The fourth-order valence-electron chi connectivity index (χ4n) is 1.20. The molecule has 0 amide bonds. The molecule has 1 rings (SSSR count). The van der Waals surface area contributed by atoms with E-state index in [0.717, 1.165) is 18.2 Å². The summed E-state index contributed by atoms with van der Waals surface area (Å²) in [5, 5.41) is 9.29. The molecule has 0 fully saturated rings. The molecule has 0 aromatic heterocycles. The SMILES string of the molecule is CC(F)(F)c1ccc(F)c(C(O)CN)c1. The van der Waals surface area contributed by atoms with Crippen LogP contribution in [0.15, 0.2) is 18.2 Å². The van der Waals surface area contributed by atoms with Gasteiger partial charge in [-0.2, -0.15) is 0 Å². The minimum atomic E-state index is -3.06. The lowest BCUT2D eigenvalue weighted by atomic mass is 10.0. The Hall–Kier alpha value is -1.07. The van der Waals surface area contributed by atoms with Crippen LogP contribution in [0.25, 0.3) is 0 Å². The van der Waals surface area contributed by atoms with Gasteiger partial charge in [-0.25, -0.2) is 13.2 Å². The number of benzene rings is 1. The van der Waals surface area contributed by atoms with E-state index in [-0.39, 0.29) is 17.7 Å². The number of aliphatic hydroxyl groups excluding tert-OH is 1. The van der Waals surface area contributed by atoms with E-state index in [1.807, 2.05) is 0 Å². The molecular weight excluding hydrogens is 207 g/mol. The Labute approximate surface area is 85.5 Å². The molecule has 5 heteroatoms. The van der Waals surface area contributed by atoms with E-state index in [2.05, 4.69) is 0 Å². The molecule has 3 N–H and O–H groups in total. The molecule has 0 aliphatic carbocycles. The van der Waals surface area contributed by atoms with Crippen molar-refractivity contribution in [2.45, 2.75) is 19.0 Å². The summed E-state index contributed by atoms with van der Waals surface area (Å²) in [4.78, 5) is 0. The van der Waals surface area contributed by atoms with Crippen molar-refractivity contribution in [3.63, 3.8) is 0 Å². The lowest BCUT2D eigenvalue weighted by Crippen LogP contribution is -2.15. The zero-order valence-corrected chi connectivity index (χ0v) is 8.17. The molecule has 2 nitrogen and oxygen atoms in total. The van der Waals surface area contributed by atoms with Crippen molar-refractivity contribution >= 4 is 0 Å². The van der Waals surface area contributed by atoms with Crippen LogP contribution in [-0.2, 0) is 5.92 Å². The van der Waals surface area contributed by atoms with Gasteiger partial charge in [-0.1, -0.05) is 6.07 Å². The van der Waals surface area contributed by atoms with E-state index >= 15 is 0 Å². The Morgan fingerprint density at radius 2 is 2.07 bits per heavy atom. The van der Waals surface area contributed by atoms with Crippen LogP contribution in [0.3, 0.4) is 0 Å². The molecule has 0 saturated carbocycles. The summed E-state index contributed by atoms with van der Waals surface area (Å²) >= 11 is 0. The normalized spacial score (nSPS) is 14.0. The van der Waals surface area contributed by atoms with Crippen LogP contribution >= 0.6 is 0 Å². The summed E-state index contributed by atoms with van der Waals surface area (Å²) in [6, 6.07) is 2.83. The van der Waals surface area contributed by atoms with Gasteiger partial charge in [0.05, 0.1) is 6.10 Å². The average molecular weight is 219 g/mol. The van der Waals surface area contributed by atoms with Gasteiger partial charge in [0.1, 0.15) is 5.82 Å². The standard InChI is InChI=1S/C10H12F3NO/c1-10(12,13)6-2-3-8(11)7(4-6)9(15)5-14/h2-4,9,15H,5,14H2,1H3. The van der Waals surface area contributed by atoms with Gasteiger partial charge in [0.15, 0.2) is 0 Å². The Bertz CT molecular complexity index is 349. The van der Waals surface area contributed by atoms with Gasteiger partial charge < -0.3 is 10.8 Å². The van der Waals surface area contributed by atoms with Gasteiger partial charge in [-0.3, -0.25) is 0 Å². The highest BCUT2D eigenvalue weighted by Gasteiger charge is 2.26. The van der Waals surface area contributed by atoms with Crippen LogP contribution in [-0.4, -0.2) is 11.7 Å². The highest BCUT2D eigenvalue weighted by Crippen LogP contribution is 2.29. The summed E-state index contributed by atoms with van der Waals surface area (Å²) in [6.45, 7) is 0.495. The van der Waals surface area contributed by atoms with Crippen molar-refractivity contribution in [2.24, 2.45) is 5.73 Å². The van der Waals surface area contributed by atoms with E-state index < -0.39 is 17.8 Å². The molecule has 84 valence electrons. The van der Waals surface area contributed by atoms with E-state index in [4.69, 9.17) is 5.73 Å². The van der Waals surface area contributed by atoms with E-state index in [1.165, 1.54) is 0 Å². The highest BCUT2D eigenvalue weighted by atomic mass is 19.3. The molecule has 0 spiro atoms. The van der Waals surface area contributed by atoms with E-state index in [1.54, 1.807) is 0 Å². The van der Waals surface area contributed by atoms with Crippen molar-refractivity contribution in [3.8, 4) is 0 Å². The molecule has 0 radical (unpaired) electrons. The lowest BCUT2D eigenvalue weighted by Gasteiger charge is -2.15. The quantitative estimate of drug-likeness (QED) is 0.815. The molecule has 0 heterocycles. The third-order valence-electron chi connectivity index (χ3n) is 2.09. The third-order valence-corrected chi connectivity index (χ3v) is 2.09. The minimum absolute atomic E-state index is 0.198. The van der Waals surface area contributed by atoms with Gasteiger partial charge in [0.25, 0.3) is 5.92 Å². The Morgan fingerprint density at radius 3 is 2.53 bits per heavy atom. The highest BCUT2D eigenvalue weighted by molar-refractivity contribution is 5.29. The van der Waals surface area contributed by atoms with Crippen molar-refractivity contribution in [1.82, 2.24) is 0 Å². The first kappa shape index (κ1) is 12.0. The van der Waals surface area contributed by atoms with E-state index in [0.29, 0.717) is 6.92 Å². The van der Waals surface area contributed by atoms with Crippen LogP contribution in [0.5, 0.6) is 0 Å². The van der Waals surface area contributed by atoms with Gasteiger partial charge in [-0.05, 0) is 12.1 Å². The molecule has 15 heavy (non-hydrogen) atoms. The monoisotopic (exact) mass is 219 g/mol. The van der Waals surface area contributed by atoms with Gasteiger partial charge in [-0.15, -0.1) is 0 Å². The van der Waals surface area contributed by atoms with E-state index in [9.17, 15) is 18.3 Å². The maximum Gasteiger partial charge on any atom is 0.270 e. The van der Waals surface area contributed by atoms with Crippen molar-refractivity contribution in [2.75, 3.05) is 6.54 Å². The van der Waals surface area contributed by atoms with Crippen LogP contribution < -0.4 is 5.73 Å². The fraction of sp³-hybridized carbons (Fsp3) is 0.400. The number of hydrogen-bond acceptors (Lipinski definition) is 2. The summed E-state index contributed by atoms with van der Waals surface area (Å²) in [7, 11) is 0. The second-order valence-corrected chi connectivity index (χ2v) is 3.38. The number of rotatable bonds is 3. The second-order valence-electron chi connectivity index (χ2n) is 3.38. The summed E-state index contributed by atoms with van der Waals surface area (Å²) in [5.41, 5.74) is 4.59. The number of aliphatic hydroxyl groups is 1. The molecule has 1 unspecified atom stereocenters. The maximum absolute atomic E-state index is 13.1. The predicted octanol–water partition coefficient (Wildman–Crippen LogP) is 1.93. The third kappa shape index (κ3) is 2.70. The van der Waals surface area contributed by atoms with Crippen molar-refractivity contribution in [3.05, 3.63) is 35.1 Å². The molecule has 0 aliphatic rings. The van der Waals surface area contributed by atoms with Crippen molar-refractivity contribution in [1.29, 1.82) is 0 Å². The molecule has 1 aromatic rings. The Morgan fingerprint density at radius 1 is 1.47 bits per heavy atom. The summed E-state index contributed by atoms with van der Waals surface area (Å²) in [6.07, 6.45) is -1.26. The number of alkyl halides is 2. The first-order valence-electron chi connectivity index (χ1n) is 4.42. The predicted molar refractivity (Wildman–Crippen MR) is 50.0 cm³/mol. The smallest absolute Gasteiger partial charge is 0.270 e. The Kier molecular flexibility index (Phi) is 3.36. The fourth-order valence-corrected chi connectivity index (χ4v) is 1.20. The molecular formula is C10H12F3NO. The number of nitrogens with two attached hydrogens (primary N) is 1. The van der Waals surface area contributed by atoms with Gasteiger partial charge >= 0.3 is 0 Å². The molecule has 0 aliphatic heterocycles. The largest absolute Gasteiger partial charge is 0.387 e. The lowest BCUT2D eigenvalue weighted by molar-refractivity contribution is 0.0171. The molecule has 1 aromatic carbocycles. The topological polar surface area (TPSA) is 46.2 Å². The summed E-state index contributed by atoms with van der Waals surface area (Å²) in [5.74, 6) is -3.79. The Balaban J connectivity index is 3.17. The second kappa shape index (κ2) is 4.20. The van der Waals surface area contributed by atoms with Gasteiger partial charge in [0, 0.05) is 24.6 Å². The summed E-state index contributed by atoms with van der Waals surface area (Å²) < 4.78 is 38.9. The van der Waals surface area contributed by atoms with Crippen LogP contribution in [0.2, 0.25) is 0 Å². The minimum Gasteiger partial charge on any atom is -0.387 e. The zero-order chi connectivity index (χ0) is 11.6. The van der Waals surface area contributed by atoms with Crippen molar-refractivity contribution < 1.29 is 18.3 Å². The molecule has 0 saturated heterocycles. The van der Waals surface area contributed by atoms with Crippen LogP contribution in [0, 0.1) is 5.82 Å². The zero-order valence-electron chi connectivity index (χ0n) is 8.17. The van der Waals surface area contributed by atoms with Crippen LogP contribution in [0.4, 0.5) is 13.2 Å². The molecule has 1 atom stereocenters. The maximum atomic E-state index is 13.1. The number of halogens is 3. The first-order chi connectivity index (χ1) is 6.86. The first-order valence-corrected chi connectivity index (χ1v) is 4.42. The molecule has 0 bridgehead atoms. The average Bonchev–Trinajstić information content (AvgIpc) is 2.15. The van der Waals surface area contributed by atoms with Gasteiger partial charge in [0.2, 0.25) is 0 Å².